The fourth-order valence-electron chi connectivity index (χ4n) is 1.74. The van der Waals surface area contributed by atoms with Crippen molar-refractivity contribution in [1.29, 1.82) is 0 Å². The van der Waals surface area contributed by atoms with Crippen molar-refractivity contribution in [3.63, 3.8) is 0 Å². The molecule has 0 aliphatic heterocycles. The molecule has 0 unspecified atom stereocenters. The molecule has 2 rings (SSSR count). The van der Waals surface area contributed by atoms with E-state index in [0.717, 1.165) is 17.7 Å². The van der Waals surface area contributed by atoms with Gasteiger partial charge in [0.15, 0.2) is 0 Å². The maximum Gasteiger partial charge on any atom is 0.119 e. The highest BCUT2D eigenvalue weighted by Gasteiger charge is 1.96. The van der Waals surface area contributed by atoms with Crippen LogP contribution >= 0.6 is 0 Å². The first-order valence-corrected chi connectivity index (χ1v) is 6.25. The molecule has 0 bridgehead atoms. The second-order valence-corrected chi connectivity index (χ2v) is 4.23. The smallest absolute Gasteiger partial charge is 0.119 e. The van der Waals surface area contributed by atoms with Crippen molar-refractivity contribution in [1.82, 2.24) is 0 Å². The van der Waals surface area contributed by atoms with E-state index < -0.39 is 0 Å². The number of benzene rings is 2. The maximum atomic E-state index is 5.74. The molecule has 0 heterocycles. The van der Waals surface area contributed by atoms with Crippen LogP contribution in [-0.2, 0) is 13.0 Å². The van der Waals surface area contributed by atoms with Gasteiger partial charge in [-0.15, -0.1) is 0 Å². The van der Waals surface area contributed by atoms with E-state index in [-0.39, 0.29) is 0 Å². The molecule has 0 aromatic heterocycles. The molecular formula is C17H18O. The Morgan fingerprint density at radius 1 is 0.944 bits per heavy atom. The third-order valence-corrected chi connectivity index (χ3v) is 2.95. The highest BCUT2D eigenvalue weighted by Crippen LogP contribution is 2.15. The SMILES string of the molecule is C=Cc1ccc(COc2ccc(CC)cc2)cc1. The Morgan fingerprint density at radius 2 is 1.56 bits per heavy atom. The average Bonchev–Trinajstić information content (AvgIpc) is 2.46. The molecule has 0 atom stereocenters. The fraction of sp³-hybridized carbons (Fsp3) is 0.176. The number of rotatable bonds is 5. The van der Waals surface area contributed by atoms with E-state index in [4.69, 9.17) is 4.74 Å². The van der Waals surface area contributed by atoms with Crippen molar-refractivity contribution in [2.24, 2.45) is 0 Å². The average molecular weight is 238 g/mol. The molecule has 2 aromatic carbocycles. The zero-order valence-corrected chi connectivity index (χ0v) is 10.7. The maximum absolute atomic E-state index is 5.74. The summed E-state index contributed by atoms with van der Waals surface area (Å²) in [7, 11) is 0. The van der Waals surface area contributed by atoms with Crippen LogP contribution in [-0.4, -0.2) is 0 Å². The van der Waals surface area contributed by atoms with Crippen molar-refractivity contribution in [2.75, 3.05) is 0 Å². The van der Waals surface area contributed by atoms with Gasteiger partial charge >= 0.3 is 0 Å². The van der Waals surface area contributed by atoms with Crippen LogP contribution in [0, 0.1) is 0 Å². The minimum atomic E-state index is 0.600. The Labute approximate surface area is 109 Å². The van der Waals surface area contributed by atoms with Crippen molar-refractivity contribution in [2.45, 2.75) is 20.0 Å². The summed E-state index contributed by atoms with van der Waals surface area (Å²) in [4.78, 5) is 0. The van der Waals surface area contributed by atoms with Gasteiger partial charge in [0.2, 0.25) is 0 Å². The van der Waals surface area contributed by atoms with Gasteiger partial charge in [-0.3, -0.25) is 0 Å². The summed E-state index contributed by atoms with van der Waals surface area (Å²) in [5.74, 6) is 0.917. The topological polar surface area (TPSA) is 9.23 Å². The van der Waals surface area contributed by atoms with Gasteiger partial charge in [0, 0.05) is 0 Å². The first kappa shape index (κ1) is 12.4. The second kappa shape index (κ2) is 6.06. The molecule has 0 fully saturated rings. The Morgan fingerprint density at radius 3 is 2.11 bits per heavy atom. The van der Waals surface area contributed by atoms with Crippen LogP contribution in [0.25, 0.3) is 6.08 Å². The minimum Gasteiger partial charge on any atom is -0.489 e. The number of hydrogen-bond acceptors (Lipinski definition) is 1. The summed E-state index contributed by atoms with van der Waals surface area (Å²) in [5.41, 5.74) is 3.63. The molecular weight excluding hydrogens is 220 g/mol. The lowest BCUT2D eigenvalue weighted by molar-refractivity contribution is 0.306. The summed E-state index contributed by atoms with van der Waals surface area (Å²) >= 11 is 0. The van der Waals surface area contributed by atoms with Gasteiger partial charge in [0.1, 0.15) is 12.4 Å². The molecule has 0 spiro atoms. The van der Waals surface area contributed by atoms with Crippen LogP contribution in [0.1, 0.15) is 23.6 Å². The molecule has 18 heavy (non-hydrogen) atoms. The highest BCUT2D eigenvalue weighted by atomic mass is 16.5. The van der Waals surface area contributed by atoms with Crippen molar-refractivity contribution >= 4 is 6.08 Å². The van der Waals surface area contributed by atoms with Gasteiger partial charge in [-0.25, -0.2) is 0 Å². The van der Waals surface area contributed by atoms with Crippen LogP contribution in [0.2, 0.25) is 0 Å². The fourth-order valence-corrected chi connectivity index (χ4v) is 1.74. The number of ether oxygens (including phenoxy) is 1. The molecule has 0 aliphatic rings. The third-order valence-electron chi connectivity index (χ3n) is 2.95. The number of aryl methyl sites for hydroxylation is 1. The molecule has 0 N–H and O–H groups in total. The zero-order chi connectivity index (χ0) is 12.8. The Kier molecular flexibility index (Phi) is 4.19. The minimum absolute atomic E-state index is 0.600. The lowest BCUT2D eigenvalue weighted by atomic mass is 10.1. The summed E-state index contributed by atoms with van der Waals surface area (Å²) in [6, 6.07) is 16.5. The molecule has 1 nitrogen and oxygen atoms in total. The monoisotopic (exact) mass is 238 g/mol. The first-order valence-electron chi connectivity index (χ1n) is 6.25. The van der Waals surface area contributed by atoms with Gasteiger partial charge in [0.05, 0.1) is 0 Å². The third kappa shape index (κ3) is 3.24. The predicted octanol–water partition coefficient (Wildman–Crippen LogP) is 4.47. The van der Waals surface area contributed by atoms with E-state index in [1.165, 1.54) is 11.1 Å². The molecule has 92 valence electrons. The van der Waals surface area contributed by atoms with E-state index in [0.29, 0.717) is 6.61 Å². The van der Waals surface area contributed by atoms with Crippen LogP contribution in [0.4, 0.5) is 0 Å². The first-order chi connectivity index (χ1) is 8.81. The van der Waals surface area contributed by atoms with Gasteiger partial charge in [-0.05, 0) is 35.2 Å². The largest absolute Gasteiger partial charge is 0.489 e. The second-order valence-electron chi connectivity index (χ2n) is 4.23. The number of hydrogen-bond donors (Lipinski definition) is 0. The molecule has 0 aliphatic carbocycles. The molecule has 0 radical (unpaired) electrons. The van der Waals surface area contributed by atoms with E-state index in [2.05, 4.69) is 37.8 Å². The lowest BCUT2D eigenvalue weighted by Gasteiger charge is -2.07. The van der Waals surface area contributed by atoms with Crippen LogP contribution in [0.15, 0.2) is 55.1 Å². The summed E-state index contributed by atoms with van der Waals surface area (Å²) in [6.45, 7) is 6.49. The quantitative estimate of drug-likeness (QED) is 0.746. The Bertz CT molecular complexity index is 494. The zero-order valence-electron chi connectivity index (χ0n) is 10.7. The van der Waals surface area contributed by atoms with E-state index in [1.54, 1.807) is 0 Å². The van der Waals surface area contributed by atoms with Crippen molar-refractivity contribution in [3.05, 3.63) is 71.8 Å². The van der Waals surface area contributed by atoms with Crippen LogP contribution < -0.4 is 4.74 Å². The predicted molar refractivity (Wildman–Crippen MR) is 76.7 cm³/mol. The highest BCUT2D eigenvalue weighted by molar-refractivity contribution is 5.47. The summed E-state index contributed by atoms with van der Waals surface area (Å²) < 4.78 is 5.74. The Hall–Kier alpha value is -2.02. The molecule has 0 amide bonds. The van der Waals surface area contributed by atoms with E-state index in [9.17, 15) is 0 Å². The summed E-state index contributed by atoms with van der Waals surface area (Å²) in [6.07, 6.45) is 2.90. The van der Waals surface area contributed by atoms with Crippen LogP contribution in [0.5, 0.6) is 5.75 Å². The van der Waals surface area contributed by atoms with Crippen molar-refractivity contribution in [3.8, 4) is 5.75 Å². The van der Waals surface area contributed by atoms with Gasteiger partial charge < -0.3 is 4.74 Å². The Balaban J connectivity index is 1.95. The molecule has 1 heteroatoms. The lowest BCUT2D eigenvalue weighted by Crippen LogP contribution is -1.95. The molecule has 0 saturated carbocycles. The summed E-state index contributed by atoms with van der Waals surface area (Å²) in [5, 5.41) is 0. The van der Waals surface area contributed by atoms with Gasteiger partial charge in [-0.1, -0.05) is 56.0 Å². The van der Waals surface area contributed by atoms with Gasteiger partial charge in [0.25, 0.3) is 0 Å². The van der Waals surface area contributed by atoms with Crippen LogP contribution in [0.3, 0.4) is 0 Å². The van der Waals surface area contributed by atoms with E-state index in [1.807, 2.05) is 30.3 Å². The standard InChI is InChI=1S/C17H18O/c1-3-14-5-7-16(8-6-14)13-18-17-11-9-15(4-2)10-12-17/h3,5-12H,1,4,13H2,2H3. The normalized spacial score (nSPS) is 10.1. The van der Waals surface area contributed by atoms with Gasteiger partial charge in [-0.2, -0.15) is 0 Å². The van der Waals surface area contributed by atoms with E-state index >= 15 is 0 Å². The van der Waals surface area contributed by atoms with Crippen molar-refractivity contribution < 1.29 is 4.74 Å². The molecule has 2 aromatic rings. The molecule has 0 saturated heterocycles.